The lowest BCUT2D eigenvalue weighted by molar-refractivity contribution is -0.122. The van der Waals surface area contributed by atoms with E-state index in [-0.39, 0.29) is 25.1 Å². The molecule has 2 aliphatic rings. The van der Waals surface area contributed by atoms with Gasteiger partial charge in [0, 0.05) is 23.9 Å². The number of amides is 2. The van der Waals surface area contributed by atoms with Crippen LogP contribution >= 0.6 is 11.6 Å². The fraction of sp³-hybridized carbons (Fsp3) is 0.412. The molecule has 0 bridgehead atoms. The summed E-state index contributed by atoms with van der Waals surface area (Å²) >= 11 is 5.86. The molecule has 0 saturated carbocycles. The van der Waals surface area contributed by atoms with E-state index in [0.29, 0.717) is 29.7 Å². The first kappa shape index (κ1) is 17.7. The summed E-state index contributed by atoms with van der Waals surface area (Å²) in [6, 6.07) is 6.24. The molecular formula is C17H18ClN5O4. The third-order valence-corrected chi connectivity index (χ3v) is 4.86. The monoisotopic (exact) mass is 391 g/mol. The summed E-state index contributed by atoms with van der Waals surface area (Å²) in [5.41, 5.74) is -0.00566. The van der Waals surface area contributed by atoms with Gasteiger partial charge in [-0.2, -0.15) is 9.67 Å². The lowest BCUT2D eigenvalue weighted by atomic mass is 10.2. The number of anilines is 1. The molecule has 0 spiro atoms. The van der Waals surface area contributed by atoms with Gasteiger partial charge in [0.1, 0.15) is 6.54 Å². The summed E-state index contributed by atoms with van der Waals surface area (Å²) in [4.78, 5) is 38.6. The quantitative estimate of drug-likeness (QED) is 0.819. The first-order valence-electron chi connectivity index (χ1n) is 8.67. The number of nitrogens with one attached hydrogen (secondary N) is 1. The number of halogens is 1. The number of ether oxygens (including phenoxy) is 1. The topological polar surface area (TPSA) is 98.5 Å². The Bertz CT molecular complexity index is 930. The summed E-state index contributed by atoms with van der Waals surface area (Å²) in [5.74, 6) is -0.0433. The maximum Gasteiger partial charge on any atom is 0.354 e. The number of carbonyl (C=O) groups is 2. The van der Waals surface area contributed by atoms with E-state index in [1.165, 1.54) is 4.90 Å². The minimum Gasteiger partial charge on any atom is -0.376 e. The molecule has 2 aliphatic heterocycles. The molecule has 1 atom stereocenters. The van der Waals surface area contributed by atoms with E-state index in [4.69, 9.17) is 16.3 Å². The normalized spacial score (nSPS) is 18.8. The lowest BCUT2D eigenvalue weighted by Crippen LogP contribution is -2.39. The first-order valence-corrected chi connectivity index (χ1v) is 9.05. The van der Waals surface area contributed by atoms with Crippen LogP contribution in [0.15, 0.2) is 29.1 Å². The Kier molecular flexibility index (Phi) is 4.71. The maximum absolute atomic E-state index is 12.6. The number of hydrogen-bond acceptors (Lipinski definition) is 5. The van der Waals surface area contributed by atoms with Crippen molar-refractivity contribution >= 4 is 29.2 Å². The fourth-order valence-corrected chi connectivity index (χ4v) is 3.35. The van der Waals surface area contributed by atoms with Crippen LogP contribution in [0.4, 0.5) is 10.5 Å². The molecule has 2 amide bonds. The average molecular weight is 392 g/mol. The zero-order valence-electron chi connectivity index (χ0n) is 14.4. The molecule has 1 fully saturated rings. The van der Waals surface area contributed by atoms with Gasteiger partial charge in [0.15, 0.2) is 5.82 Å². The highest BCUT2D eigenvalue weighted by Crippen LogP contribution is 2.23. The van der Waals surface area contributed by atoms with Gasteiger partial charge in [-0.05, 0) is 37.1 Å². The number of fused-ring (bicyclic) bond motifs is 1. The Hall–Kier alpha value is -2.65. The van der Waals surface area contributed by atoms with Crippen molar-refractivity contribution < 1.29 is 14.3 Å². The molecule has 0 aliphatic carbocycles. The van der Waals surface area contributed by atoms with Crippen molar-refractivity contribution in [2.24, 2.45) is 0 Å². The van der Waals surface area contributed by atoms with Gasteiger partial charge in [-0.1, -0.05) is 11.6 Å². The van der Waals surface area contributed by atoms with Crippen molar-refractivity contribution in [3.8, 4) is 0 Å². The molecule has 9 nitrogen and oxygen atoms in total. The van der Waals surface area contributed by atoms with Crippen molar-refractivity contribution in [3.05, 3.63) is 45.6 Å². The highest BCUT2D eigenvalue weighted by atomic mass is 35.5. The van der Waals surface area contributed by atoms with Crippen molar-refractivity contribution in [1.82, 2.24) is 19.7 Å². The Morgan fingerprint density at radius 1 is 1.30 bits per heavy atom. The molecule has 27 heavy (non-hydrogen) atoms. The van der Waals surface area contributed by atoms with Crippen molar-refractivity contribution in [2.75, 3.05) is 18.1 Å². The second-order valence-corrected chi connectivity index (χ2v) is 6.91. The fourth-order valence-electron chi connectivity index (χ4n) is 3.23. The first-order chi connectivity index (χ1) is 13.0. The van der Waals surface area contributed by atoms with E-state index in [1.54, 1.807) is 24.3 Å². The third-order valence-electron chi connectivity index (χ3n) is 4.61. The maximum atomic E-state index is 12.6. The van der Waals surface area contributed by atoms with Crippen LogP contribution in [0.1, 0.15) is 18.7 Å². The van der Waals surface area contributed by atoms with Crippen LogP contribution in [-0.4, -0.2) is 45.5 Å². The minimum atomic E-state index is -0.626. The van der Waals surface area contributed by atoms with Crippen LogP contribution in [0.2, 0.25) is 5.02 Å². The van der Waals surface area contributed by atoms with E-state index in [0.717, 1.165) is 22.1 Å². The van der Waals surface area contributed by atoms with Crippen LogP contribution in [0.5, 0.6) is 0 Å². The zero-order valence-corrected chi connectivity index (χ0v) is 15.2. The van der Waals surface area contributed by atoms with Crippen LogP contribution in [-0.2, 0) is 22.6 Å². The van der Waals surface area contributed by atoms with E-state index < -0.39 is 11.7 Å². The van der Waals surface area contributed by atoms with Gasteiger partial charge < -0.3 is 10.1 Å². The predicted molar refractivity (Wildman–Crippen MR) is 96.9 cm³/mol. The second kappa shape index (κ2) is 7.16. The number of hydrogen-bond donors (Lipinski definition) is 1. The highest BCUT2D eigenvalue weighted by Gasteiger charge is 2.33. The van der Waals surface area contributed by atoms with Crippen molar-refractivity contribution in [1.29, 1.82) is 0 Å². The smallest absolute Gasteiger partial charge is 0.354 e. The van der Waals surface area contributed by atoms with Crippen LogP contribution in [0, 0.1) is 0 Å². The summed E-state index contributed by atoms with van der Waals surface area (Å²) in [6.45, 7) is 1.03. The summed E-state index contributed by atoms with van der Waals surface area (Å²) < 4.78 is 7.44. The molecule has 10 heteroatoms. The third kappa shape index (κ3) is 3.47. The van der Waals surface area contributed by atoms with Gasteiger partial charge in [0.25, 0.3) is 0 Å². The second-order valence-electron chi connectivity index (χ2n) is 6.48. The Morgan fingerprint density at radius 3 is 2.74 bits per heavy atom. The number of rotatable bonds is 5. The molecule has 2 aromatic rings. The molecule has 4 rings (SSSR count). The molecule has 142 valence electrons. The summed E-state index contributed by atoms with van der Waals surface area (Å²) in [5, 5.41) is 7.43. The average Bonchev–Trinajstić information content (AvgIpc) is 3.34. The van der Waals surface area contributed by atoms with E-state index >= 15 is 0 Å². The molecular weight excluding hydrogens is 374 g/mol. The van der Waals surface area contributed by atoms with Gasteiger partial charge in [-0.25, -0.2) is 14.3 Å². The number of aromatic nitrogens is 3. The van der Waals surface area contributed by atoms with Crippen LogP contribution in [0.25, 0.3) is 0 Å². The Labute approximate surface area is 159 Å². The molecule has 3 heterocycles. The van der Waals surface area contributed by atoms with E-state index in [1.807, 2.05) is 0 Å². The number of nitrogens with zero attached hydrogens (tertiary/aromatic N) is 4. The largest absolute Gasteiger partial charge is 0.376 e. The van der Waals surface area contributed by atoms with Crippen LogP contribution in [0.3, 0.4) is 0 Å². The van der Waals surface area contributed by atoms with Gasteiger partial charge in [0.05, 0.1) is 12.6 Å². The van der Waals surface area contributed by atoms with Gasteiger partial charge >= 0.3 is 11.7 Å². The molecule has 1 saturated heterocycles. The Morgan fingerprint density at radius 2 is 2.07 bits per heavy atom. The number of carbonyl (C=O) groups excluding carboxylic acids is 2. The Balaban J connectivity index is 1.44. The predicted octanol–water partition coefficient (Wildman–Crippen LogP) is 0.982. The SMILES string of the molecule is O=C(Cn1nc2n(c1=O)C(=O)N(c1ccc(Cl)cc1)C2)NCC1CCCO1. The van der Waals surface area contributed by atoms with Gasteiger partial charge in [0.2, 0.25) is 5.91 Å². The summed E-state index contributed by atoms with van der Waals surface area (Å²) in [7, 11) is 0. The highest BCUT2D eigenvalue weighted by molar-refractivity contribution is 6.30. The summed E-state index contributed by atoms with van der Waals surface area (Å²) in [6.07, 6.45) is 1.92. The van der Waals surface area contributed by atoms with Gasteiger partial charge in [-0.3, -0.25) is 9.69 Å². The minimum absolute atomic E-state index is 0.0205. The van der Waals surface area contributed by atoms with E-state index in [9.17, 15) is 14.4 Å². The molecule has 1 aromatic carbocycles. The molecule has 1 aromatic heterocycles. The van der Waals surface area contributed by atoms with Crippen LogP contribution < -0.4 is 15.9 Å². The number of benzene rings is 1. The zero-order chi connectivity index (χ0) is 19.0. The van der Waals surface area contributed by atoms with Gasteiger partial charge in [-0.15, -0.1) is 0 Å². The molecule has 1 unspecified atom stereocenters. The molecule has 0 radical (unpaired) electrons. The molecule has 1 N–H and O–H groups in total. The standard InChI is InChI=1S/C17H18ClN5O4/c18-11-3-5-12(6-4-11)21-9-14-20-22(17(26)23(14)16(21)25)10-15(24)19-8-13-2-1-7-27-13/h3-6,13H,1-2,7-10H2,(H,19,24). The lowest BCUT2D eigenvalue weighted by Gasteiger charge is -2.14. The van der Waals surface area contributed by atoms with E-state index in [2.05, 4.69) is 10.4 Å². The van der Waals surface area contributed by atoms with Crippen molar-refractivity contribution in [3.63, 3.8) is 0 Å². The van der Waals surface area contributed by atoms with Crippen molar-refractivity contribution in [2.45, 2.75) is 32.0 Å².